The van der Waals surface area contributed by atoms with Gasteiger partial charge in [0, 0.05) is 5.56 Å². The summed E-state index contributed by atoms with van der Waals surface area (Å²) >= 11 is 0. The summed E-state index contributed by atoms with van der Waals surface area (Å²) in [4.78, 5) is 12.1. The number of carbonyl (C=O) groups excluding carboxylic acids is 1. The lowest BCUT2D eigenvalue weighted by Gasteiger charge is -2.03. The highest BCUT2D eigenvalue weighted by Crippen LogP contribution is 2.17. The molecule has 0 fully saturated rings. The van der Waals surface area contributed by atoms with Gasteiger partial charge < -0.3 is 9.84 Å². The molecule has 2 N–H and O–H groups in total. The second kappa shape index (κ2) is 4.40. The van der Waals surface area contributed by atoms with Crippen LogP contribution in [-0.2, 0) is 6.42 Å². The van der Waals surface area contributed by atoms with Crippen molar-refractivity contribution in [2.45, 2.75) is 27.2 Å². The molecule has 1 amide bonds. The zero-order valence-corrected chi connectivity index (χ0v) is 10.00. The van der Waals surface area contributed by atoms with Gasteiger partial charge in [0.2, 0.25) is 0 Å². The molecule has 0 saturated carbocycles. The summed E-state index contributed by atoms with van der Waals surface area (Å²) < 4.78 is 5.02. The highest BCUT2D eigenvalue weighted by molar-refractivity contribution is 6.05. The molecule has 90 valence electrons. The number of carbonyl (C=O) groups is 1. The Kier molecular flexibility index (Phi) is 2.95. The van der Waals surface area contributed by atoms with Gasteiger partial charge in [-0.05, 0) is 20.3 Å². The van der Waals surface area contributed by atoms with Crippen LogP contribution in [0.3, 0.4) is 0 Å². The Morgan fingerprint density at radius 2 is 2.29 bits per heavy atom. The second-order valence-electron chi connectivity index (χ2n) is 3.80. The van der Waals surface area contributed by atoms with E-state index in [1.54, 1.807) is 13.1 Å². The SMILES string of the molecule is CCc1noc(C)c1C(=O)Nc1[nH]ncc1C. The van der Waals surface area contributed by atoms with E-state index in [4.69, 9.17) is 4.52 Å². The molecule has 2 aromatic heterocycles. The van der Waals surface area contributed by atoms with Gasteiger partial charge in [0.25, 0.3) is 5.91 Å². The zero-order chi connectivity index (χ0) is 12.4. The molecule has 0 radical (unpaired) electrons. The Bertz CT molecular complexity index is 541. The molecule has 6 heteroatoms. The van der Waals surface area contributed by atoms with Crippen LogP contribution in [-0.4, -0.2) is 21.3 Å². The molecule has 17 heavy (non-hydrogen) atoms. The van der Waals surface area contributed by atoms with Crippen LogP contribution in [0.1, 0.15) is 34.3 Å². The van der Waals surface area contributed by atoms with Crippen LogP contribution in [0.2, 0.25) is 0 Å². The van der Waals surface area contributed by atoms with Crippen LogP contribution in [0.15, 0.2) is 10.7 Å². The van der Waals surface area contributed by atoms with E-state index < -0.39 is 0 Å². The Morgan fingerprint density at radius 1 is 1.53 bits per heavy atom. The van der Waals surface area contributed by atoms with E-state index in [0.717, 1.165) is 5.56 Å². The van der Waals surface area contributed by atoms with Gasteiger partial charge in [0.15, 0.2) is 0 Å². The molecule has 6 nitrogen and oxygen atoms in total. The number of aromatic nitrogens is 3. The van der Waals surface area contributed by atoms with E-state index in [1.165, 1.54) is 0 Å². The van der Waals surface area contributed by atoms with E-state index in [1.807, 2.05) is 13.8 Å². The highest BCUT2D eigenvalue weighted by atomic mass is 16.5. The van der Waals surface area contributed by atoms with Gasteiger partial charge in [0.1, 0.15) is 17.1 Å². The normalized spacial score (nSPS) is 10.5. The lowest BCUT2D eigenvalue weighted by Crippen LogP contribution is -2.15. The van der Waals surface area contributed by atoms with Gasteiger partial charge in [-0.25, -0.2) is 0 Å². The topological polar surface area (TPSA) is 83.8 Å². The van der Waals surface area contributed by atoms with E-state index in [0.29, 0.717) is 29.3 Å². The van der Waals surface area contributed by atoms with E-state index in [-0.39, 0.29) is 5.91 Å². The first-order valence-electron chi connectivity index (χ1n) is 5.40. The van der Waals surface area contributed by atoms with Crippen molar-refractivity contribution < 1.29 is 9.32 Å². The average Bonchev–Trinajstić information content (AvgIpc) is 2.85. The molecule has 0 aromatic carbocycles. The maximum Gasteiger partial charge on any atom is 0.262 e. The van der Waals surface area contributed by atoms with Crippen molar-refractivity contribution in [2.75, 3.05) is 5.32 Å². The van der Waals surface area contributed by atoms with Crippen molar-refractivity contribution >= 4 is 11.7 Å². The Hall–Kier alpha value is -2.11. The minimum absolute atomic E-state index is 0.229. The molecular formula is C11H14N4O2. The molecule has 0 aliphatic carbocycles. The van der Waals surface area contributed by atoms with Gasteiger partial charge in [-0.3, -0.25) is 9.89 Å². The smallest absolute Gasteiger partial charge is 0.262 e. The lowest BCUT2D eigenvalue weighted by molar-refractivity contribution is 0.102. The maximum absolute atomic E-state index is 12.1. The predicted molar refractivity (Wildman–Crippen MR) is 61.9 cm³/mol. The van der Waals surface area contributed by atoms with Crippen molar-refractivity contribution in [3.8, 4) is 0 Å². The Labute approximate surface area is 98.4 Å². The molecule has 2 aromatic rings. The number of H-pyrrole nitrogens is 1. The number of amides is 1. The summed E-state index contributed by atoms with van der Waals surface area (Å²) in [6, 6.07) is 0. The van der Waals surface area contributed by atoms with E-state index >= 15 is 0 Å². The molecule has 0 bridgehead atoms. The molecule has 0 unspecified atom stereocenters. The summed E-state index contributed by atoms with van der Waals surface area (Å²) in [5.74, 6) is 0.891. The lowest BCUT2D eigenvalue weighted by atomic mass is 10.1. The number of rotatable bonds is 3. The largest absolute Gasteiger partial charge is 0.361 e. The summed E-state index contributed by atoms with van der Waals surface area (Å²) in [5.41, 5.74) is 2.05. The summed E-state index contributed by atoms with van der Waals surface area (Å²) in [7, 11) is 0. The summed E-state index contributed by atoms with van der Waals surface area (Å²) in [6.07, 6.45) is 2.30. The second-order valence-corrected chi connectivity index (χ2v) is 3.80. The molecule has 0 spiro atoms. The minimum Gasteiger partial charge on any atom is -0.361 e. The van der Waals surface area contributed by atoms with Gasteiger partial charge in [-0.15, -0.1) is 0 Å². The molecule has 0 aliphatic heterocycles. The highest BCUT2D eigenvalue weighted by Gasteiger charge is 2.19. The van der Waals surface area contributed by atoms with Gasteiger partial charge in [0.05, 0.1) is 11.9 Å². The maximum atomic E-state index is 12.1. The molecule has 0 aliphatic rings. The van der Waals surface area contributed by atoms with Crippen molar-refractivity contribution in [3.05, 3.63) is 28.8 Å². The van der Waals surface area contributed by atoms with Crippen LogP contribution in [0.25, 0.3) is 0 Å². The van der Waals surface area contributed by atoms with Gasteiger partial charge >= 0.3 is 0 Å². The standard InChI is InChI=1S/C11H14N4O2/c1-4-8-9(7(3)17-15-8)11(16)13-10-6(2)5-12-14-10/h5H,4H2,1-3H3,(H2,12,13,14,16). The number of aromatic amines is 1. The van der Waals surface area contributed by atoms with Gasteiger partial charge in [-0.2, -0.15) is 5.10 Å². The fourth-order valence-electron chi connectivity index (χ4n) is 1.60. The molecule has 2 heterocycles. The van der Waals surface area contributed by atoms with Crippen molar-refractivity contribution in [3.63, 3.8) is 0 Å². The fourth-order valence-corrected chi connectivity index (χ4v) is 1.60. The third-order valence-electron chi connectivity index (χ3n) is 2.56. The first-order chi connectivity index (χ1) is 8.13. The van der Waals surface area contributed by atoms with E-state index in [9.17, 15) is 4.79 Å². The average molecular weight is 234 g/mol. The van der Waals surface area contributed by atoms with Crippen LogP contribution in [0, 0.1) is 13.8 Å². The monoisotopic (exact) mass is 234 g/mol. The van der Waals surface area contributed by atoms with Crippen molar-refractivity contribution in [2.24, 2.45) is 0 Å². The van der Waals surface area contributed by atoms with Crippen LogP contribution < -0.4 is 5.32 Å². The van der Waals surface area contributed by atoms with Crippen molar-refractivity contribution in [1.29, 1.82) is 0 Å². The van der Waals surface area contributed by atoms with Crippen LogP contribution >= 0.6 is 0 Å². The third kappa shape index (κ3) is 2.06. The predicted octanol–water partition coefficient (Wildman–Crippen LogP) is 1.83. The first kappa shape index (κ1) is 11.4. The number of anilines is 1. The third-order valence-corrected chi connectivity index (χ3v) is 2.56. The quantitative estimate of drug-likeness (QED) is 0.848. The number of hydrogen-bond donors (Lipinski definition) is 2. The first-order valence-corrected chi connectivity index (χ1v) is 5.40. The molecule has 0 atom stereocenters. The summed E-state index contributed by atoms with van der Waals surface area (Å²) in [6.45, 7) is 5.51. The van der Waals surface area contributed by atoms with Crippen LogP contribution in [0.4, 0.5) is 5.82 Å². The Morgan fingerprint density at radius 3 is 2.88 bits per heavy atom. The number of hydrogen-bond acceptors (Lipinski definition) is 4. The van der Waals surface area contributed by atoms with Gasteiger partial charge in [-0.1, -0.05) is 12.1 Å². The Balaban J connectivity index is 2.26. The molecular weight excluding hydrogens is 220 g/mol. The zero-order valence-electron chi connectivity index (χ0n) is 10.00. The number of nitrogens with zero attached hydrogens (tertiary/aromatic N) is 2. The van der Waals surface area contributed by atoms with E-state index in [2.05, 4.69) is 20.7 Å². The fraction of sp³-hybridized carbons (Fsp3) is 0.364. The van der Waals surface area contributed by atoms with Crippen molar-refractivity contribution in [1.82, 2.24) is 15.4 Å². The molecule has 2 rings (SSSR count). The number of aryl methyl sites for hydroxylation is 3. The summed E-state index contributed by atoms with van der Waals surface area (Å²) in [5, 5.41) is 13.2. The molecule has 0 saturated heterocycles. The number of nitrogens with one attached hydrogen (secondary N) is 2. The van der Waals surface area contributed by atoms with Crippen LogP contribution in [0.5, 0.6) is 0 Å². The minimum atomic E-state index is -0.229.